The molecular weight excluding hydrogens is 326 g/mol. The second-order valence-electron chi connectivity index (χ2n) is 5.89. The molecule has 1 N–H and O–H groups in total. The van der Waals surface area contributed by atoms with Crippen LogP contribution in [-0.2, 0) is 24.8 Å². The molecule has 0 aliphatic rings. The summed E-state index contributed by atoms with van der Waals surface area (Å²) < 4.78 is 3.70. The first-order chi connectivity index (χ1) is 11.4. The van der Waals surface area contributed by atoms with Gasteiger partial charge in [-0.1, -0.05) is 11.6 Å². The molecule has 7 heteroatoms. The van der Waals surface area contributed by atoms with Crippen molar-refractivity contribution >= 4 is 23.2 Å². The molecule has 6 nitrogen and oxygen atoms in total. The molecule has 0 aliphatic carbocycles. The van der Waals surface area contributed by atoms with Crippen molar-refractivity contribution in [2.24, 2.45) is 7.05 Å². The Labute approximate surface area is 145 Å². The molecule has 1 amide bonds. The number of rotatable bonds is 5. The first kappa shape index (κ1) is 16.5. The highest BCUT2D eigenvalue weighted by Gasteiger charge is 2.11. The second kappa shape index (κ2) is 6.65. The summed E-state index contributed by atoms with van der Waals surface area (Å²) in [7, 11) is 1.92. The predicted molar refractivity (Wildman–Crippen MR) is 93.1 cm³/mol. The minimum Gasteiger partial charge on any atom is -0.350 e. The van der Waals surface area contributed by atoms with Gasteiger partial charge < -0.3 is 9.72 Å². The quantitative estimate of drug-likeness (QED) is 0.773. The van der Waals surface area contributed by atoms with E-state index in [1.54, 1.807) is 12.3 Å². The Hall–Kier alpha value is -2.34. The summed E-state index contributed by atoms with van der Waals surface area (Å²) in [5.74, 6) is 0.00717. The Morgan fingerprint density at radius 2 is 2.08 bits per heavy atom. The molecule has 126 valence electrons. The lowest BCUT2D eigenvalue weighted by Gasteiger charge is -2.04. The van der Waals surface area contributed by atoms with Crippen LogP contribution in [0.1, 0.15) is 29.1 Å². The monoisotopic (exact) mass is 345 g/mol. The number of aryl methyl sites for hydroxylation is 2. The Kier molecular flexibility index (Phi) is 4.57. The maximum absolute atomic E-state index is 12.1. The van der Waals surface area contributed by atoms with Crippen molar-refractivity contribution in [3.63, 3.8) is 0 Å². The van der Waals surface area contributed by atoms with E-state index in [0.29, 0.717) is 24.4 Å². The molecule has 0 unspecified atom stereocenters. The van der Waals surface area contributed by atoms with Crippen LogP contribution in [0.2, 0.25) is 5.02 Å². The molecule has 3 aromatic heterocycles. The van der Waals surface area contributed by atoms with E-state index in [-0.39, 0.29) is 5.91 Å². The van der Waals surface area contributed by atoms with Crippen LogP contribution in [0.3, 0.4) is 0 Å². The first-order valence-electron chi connectivity index (χ1n) is 7.83. The molecular formula is C17H20ClN5O. The second-order valence-corrected chi connectivity index (χ2v) is 6.33. The van der Waals surface area contributed by atoms with Crippen molar-refractivity contribution in [3.8, 4) is 0 Å². The fourth-order valence-electron chi connectivity index (χ4n) is 2.80. The number of fused-ring (bicyclic) bond motifs is 1. The van der Waals surface area contributed by atoms with Crippen LogP contribution in [0.15, 0.2) is 24.5 Å². The number of hydrogen-bond acceptors (Lipinski definition) is 3. The van der Waals surface area contributed by atoms with Gasteiger partial charge in [-0.3, -0.25) is 9.48 Å². The normalized spacial score (nSPS) is 11.2. The highest BCUT2D eigenvalue weighted by molar-refractivity contribution is 6.30. The number of hydrogen-bond donors (Lipinski definition) is 1. The SMILES string of the molecule is Cc1nn(C)c(C)c1CCC(=O)NCc1cn2cc(Cl)ccc2n1. The van der Waals surface area contributed by atoms with Crippen LogP contribution in [0.4, 0.5) is 0 Å². The van der Waals surface area contributed by atoms with Gasteiger partial charge in [0.15, 0.2) is 0 Å². The van der Waals surface area contributed by atoms with Crippen LogP contribution in [0, 0.1) is 13.8 Å². The molecule has 0 saturated heterocycles. The van der Waals surface area contributed by atoms with E-state index in [1.165, 1.54) is 0 Å². The van der Waals surface area contributed by atoms with Crippen molar-refractivity contribution < 1.29 is 4.79 Å². The molecule has 0 saturated carbocycles. The molecule has 0 radical (unpaired) electrons. The van der Waals surface area contributed by atoms with Crippen LogP contribution in [0.5, 0.6) is 0 Å². The summed E-state index contributed by atoms with van der Waals surface area (Å²) in [6, 6.07) is 3.65. The van der Waals surface area contributed by atoms with Gasteiger partial charge in [0.05, 0.1) is 23.0 Å². The van der Waals surface area contributed by atoms with Gasteiger partial charge in [0, 0.05) is 31.6 Å². The summed E-state index contributed by atoms with van der Waals surface area (Å²) in [5.41, 5.74) is 4.86. The number of carbonyl (C=O) groups is 1. The number of aromatic nitrogens is 4. The van der Waals surface area contributed by atoms with Crippen molar-refractivity contribution in [2.75, 3.05) is 0 Å². The summed E-state index contributed by atoms with van der Waals surface area (Å²) in [4.78, 5) is 16.5. The average Bonchev–Trinajstić information content (AvgIpc) is 3.04. The van der Waals surface area contributed by atoms with Gasteiger partial charge in [-0.15, -0.1) is 0 Å². The van der Waals surface area contributed by atoms with Crippen molar-refractivity contribution in [3.05, 3.63) is 52.2 Å². The van der Waals surface area contributed by atoms with Crippen molar-refractivity contribution in [1.29, 1.82) is 0 Å². The first-order valence-corrected chi connectivity index (χ1v) is 8.20. The molecule has 0 spiro atoms. The molecule has 0 fully saturated rings. The third kappa shape index (κ3) is 3.43. The zero-order valence-electron chi connectivity index (χ0n) is 14.0. The van der Waals surface area contributed by atoms with Crippen molar-refractivity contribution in [1.82, 2.24) is 24.5 Å². The highest BCUT2D eigenvalue weighted by Crippen LogP contribution is 2.14. The fraction of sp³-hybridized carbons (Fsp3) is 0.353. The third-order valence-corrected chi connectivity index (χ3v) is 4.42. The average molecular weight is 346 g/mol. The van der Waals surface area contributed by atoms with Gasteiger partial charge in [-0.25, -0.2) is 4.98 Å². The molecule has 0 bridgehead atoms. The van der Waals surface area contributed by atoms with Gasteiger partial charge in [0.1, 0.15) is 5.65 Å². The molecule has 0 aromatic carbocycles. The van der Waals surface area contributed by atoms with Gasteiger partial charge >= 0.3 is 0 Å². The molecule has 3 heterocycles. The summed E-state index contributed by atoms with van der Waals surface area (Å²) in [5, 5.41) is 7.94. The summed E-state index contributed by atoms with van der Waals surface area (Å²) in [6.45, 7) is 4.40. The number of amides is 1. The Balaban J connectivity index is 1.56. The Bertz CT molecular complexity index is 896. The van der Waals surface area contributed by atoms with Crippen LogP contribution < -0.4 is 5.32 Å². The van der Waals surface area contributed by atoms with Crippen LogP contribution in [-0.4, -0.2) is 25.1 Å². The minimum absolute atomic E-state index is 0.00717. The zero-order valence-corrected chi connectivity index (χ0v) is 14.8. The van der Waals surface area contributed by atoms with Gasteiger partial charge in [0.2, 0.25) is 5.91 Å². The zero-order chi connectivity index (χ0) is 17.3. The van der Waals surface area contributed by atoms with Gasteiger partial charge in [-0.05, 0) is 38.0 Å². The number of halogens is 1. The largest absolute Gasteiger partial charge is 0.350 e. The number of pyridine rings is 1. The standard InChI is InChI=1S/C17H20ClN5O/c1-11-15(12(2)22(3)21-11)5-7-17(24)19-8-14-10-23-9-13(18)4-6-16(23)20-14/h4,6,9-10H,5,7-8H2,1-3H3,(H,19,24). The van der Waals surface area contributed by atoms with E-state index in [0.717, 1.165) is 28.3 Å². The van der Waals surface area contributed by atoms with E-state index in [2.05, 4.69) is 15.4 Å². The fourth-order valence-corrected chi connectivity index (χ4v) is 2.97. The van der Waals surface area contributed by atoms with Crippen molar-refractivity contribution in [2.45, 2.75) is 33.2 Å². The topological polar surface area (TPSA) is 64.2 Å². The maximum Gasteiger partial charge on any atom is 0.220 e. The number of nitrogens with one attached hydrogen (secondary N) is 1. The lowest BCUT2D eigenvalue weighted by molar-refractivity contribution is -0.121. The number of carbonyl (C=O) groups excluding carboxylic acids is 1. The lowest BCUT2D eigenvalue weighted by Crippen LogP contribution is -2.23. The molecule has 24 heavy (non-hydrogen) atoms. The van der Waals surface area contributed by atoms with Crippen LogP contribution in [0.25, 0.3) is 5.65 Å². The summed E-state index contributed by atoms with van der Waals surface area (Å²) >= 11 is 5.96. The smallest absolute Gasteiger partial charge is 0.220 e. The Morgan fingerprint density at radius 3 is 2.79 bits per heavy atom. The van der Waals surface area contributed by atoms with E-state index in [4.69, 9.17) is 11.6 Å². The lowest BCUT2D eigenvalue weighted by atomic mass is 10.1. The van der Waals surface area contributed by atoms with Crippen LogP contribution >= 0.6 is 11.6 Å². The van der Waals surface area contributed by atoms with Gasteiger partial charge in [-0.2, -0.15) is 5.10 Å². The number of nitrogens with zero attached hydrogens (tertiary/aromatic N) is 4. The Morgan fingerprint density at radius 1 is 1.29 bits per heavy atom. The van der Waals surface area contributed by atoms with E-state index in [9.17, 15) is 4.79 Å². The number of imidazole rings is 1. The maximum atomic E-state index is 12.1. The van der Waals surface area contributed by atoms with E-state index >= 15 is 0 Å². The summed E-state index contributed by atoms with van der Waals surface area (Å²) in [6.07, 6.45) is 4.80. The minimum atomic E-state index is 0.00717. The van der Waals surface area contributed by atoms with E-state index in [1.807, 2.05) is 42.2 Å². The van der Waals surface area contributed by atoms with Gasteiger partial charge in [0.25, 0.3) is 0 Å². The molecule has 0 aliphatic heterocycles. The third-order valence-electron chi connectivity index (χ3n) is 4.19. The molecule has 0 atom stereocenters. The molecule has 3 rings (SSSR count). The predicted octanol–water partition coefficient (Wildman–Crippen LogP) is 2.59. The van der Waals surface area contributed by atoms with E-state index < -0.39 is 0 Å². The molecule has 3 aromatic rings. The highest BCUT2D eigenvalue weighted by atomic mass is 35.5.